The van der Waals surface area contributed by atoms with Crippen molar-refractivity contribution < 1.29 is 4.42 Å². The summed E-state index contributed by atoms with van der Waals surface area (Å²) in [6, 6.07) is 0.646. The molecule has 0 amide bonds. The average molecular weight is 181 g/mol. The Labute approximate surface area is 77.5 Å². The molecule has 1 aliphatic carbocycles. The number of aromatic nitrogens is 1. The minimum absolute atomic E-state index is 0.461. The fourth-order valence-electron chi connectivity index (χ4n) is 1.77. The molecular weight excluding hydrogens is 166 g/mol. The van der Waals surface area contributed by atoms with Gasteiger partial charge in [-0.2, -0.15) is 4.98 Å². The number of nitrogen functional groups attached to an aromatic ring is 1. The number of hydrogen-bond donors (Lipinski definition) is 2. The largest absolute Gasteiger partial charge is 0.445 e. The molecule has 0 radical (unpaired) electrons. The van der Waals surface area contributed by atoms with Crippen LogP contribution in [0.2, 0.25) is 0 Å². The summed E-state index contributed by atoms with van der Waals surface area (Å²) in [7, 11) is 0. The molecule has 72 valence electrons. The fraction of sp³-hybridized carbons (Fsp3) is 0.667. The molecule has 13 heavy (non-hydrogen) atoms. The molecule has 0 aromatic carbocycles. The molecule has 0 bridgehead atoms. The molecule has 0 unspecified atom stereocenters. The smallest absolute Gasteiger partial charge is 0.209 e. The molecule has 3 N–H and O–H groups in total. The van der Waals surface area contributed by atoms with Crippen LogP contribution in [0.1, 0.15) is 31.6 Å². The summed E-state index contributed by atoms with van der Waals surface area (Å²) in [5, 5.41) is 3.40. The highest BCUT2D eigenvalue weighted by atomic mass is 16.3. The topological polar surface area (TPSA) is 64.1 Å². The zero-order valence-electron chi connectivity index (χ0n) is 7.62. The van der Waals surface area contributed by atoms with E-state index in [0.29, 0.717) is 24.3 Å². The monoisotopic (exact) mass is 181 g/mol. The summed E-state index contributed by atoms with van der Waals surface area (Å²) in [6.07, 6.45) is 6.70. The lowest BCUT2D eigenvalue weighted by Crippen LogP contribution is -2.25. The van der Waals surface area contributed by atoms with E-state index in [1.807, 2.05) is 0 Å². The van der Waals surface area contributed by atoms with Crippen LogP contribution in [0.5, 0.6) is 0 Å². The van der Waals surface area contributed by atoms with Crippen molar-refractivity contribution in [1.82, 2.24) is 10.3 Å². The molecule has 1 aromatic heterocycles. The molecule has 1 aliphatic rings. The summed E-state index contributed by atoms with van der Waals surface area (Å²) in [4.78, 5) is 4.02. The summed E-state index contributed by atoms with van der Waals surface area (Å²) in [5.41, 5.74) is 5.43. The van der Waals surface area contributed by atoms with Crippen LogP contribution < -0.4 is 11.1 Å². The predicted molar refractivity (Wildman–Crippen MR) is 50.0 cm³/mol. The molecule has 2 rings (SSSR count). The highest BCUT2D eigenvalue weighted by Crippen LogP contribution is 2.18. The molecule has 0 atom stereocenters. The third kappa shape index (κ3) is 2.21. The van der Waals surface area contributed by atoms with Crippen LogP contribution in [-0.2, 0) is 6.54 Å². The summed E-state index contributed by atoms with van der Waals surface area (Å²) >= 11 is 0. The molecule has 4 nitrogen and oxygen atoms in total. The van der Waals surface area contributed by atoms with E-state index in [-0.39, 0.29) is 0 Å². The Morgan fingerprint density at radius 3 is 2.92 bits per heavy atom. The van der Waals surface area contributed by atoms with Crippen LogP contribution in [0.3, 0.4) is 0 Å². The maximum atomic E-state index is 5.43. The summed E-state index contributed by atoms with van der Waals surface area (Å²) in [5.74, 6) is 1.15. The Kier molecular flexibility index (Phi) is 2.49. The minimum atomic E-state index is 0.461. The van der Waals surface area contributed by atoms with Gasteiger partial charge in [-0.25, -0.2) is 0 Å². The van der Waals surface area contributed by atoms with Crippen molar-refractivity contribution in [3.63, 3.8) is 0 Å². The van der Waals surface area contributed by atoms with E-state index in [1.54, 1.807) is 0 Å². The Hall–Kier alpha value is -1.03. The first-order valence-electron chi connectivity index (χ1n) is 4.78. The van der Waals surface area contributed by atoms with Crippen molar-refractivity contribution in [2.24, 2.45) is 0 Å². The molecule has 0 saturated heterocycles. The van der Waals surface area contributed by atoms with Gasteiger partial charge in [0.15, 0.2) is 5.82 Å². The average Bonchev–Trinajstić information content (AvgIpc) is 2.71. The number of rotatable bonds is 3. The van der Waals surface area contributed by atoms with Gasteiger partial charge >= 0.3 is 0 Å². The maximum absolute atomic E-state index is 5.43. The Morgan fingerprint density at radius 1 is 1.54 bits per heavy atom. The van der Waals surface area contributed by atoms with Gasteiger partial charge in [0, 0.05) is 6.04 Å². The van der Waals surface area contributed by atoms with Crippen LogP contribution in [0.25, 0.3) is 0 Å². The molecule has 4 heteroatoms. The number of anilines is 1. The van der Waals surface area contributed by atoms with Gasteiger partial charge < -0.3 is 15.5 Å². The van der Waals surface area contributed by atoms with Crippen LogP contribution in [-0.4, -0.2) is 11.0 Å². The molecule has 1 heterocycles. The standard InChI is InChI=1S/C9H15N3O/c10-8-6-13-9(12-8)5-11-7-3-1-2-4-7/h6-7,11H,1-5,10H2. The summed E-state index contributed by atoms with van der Waals surface area (Å²) < 4.78 is 5.13. The Morgan fingerprint density at radius 2 is 2.31 bits per heavy atom. The minimum Gasteiger partial charge on any atom is -0.445 e. The van der Waals surface area contributed by atoms with Crippen LogP contribution in [0.15, 0.2) is 10.7 Å². The van der Waals surface area contributed by atoms with E-state index < -0.39 is 0 Å². The van der Waals surface area contributed by atoms with Gasteiger partial charge in [-0.05, 0) is 12.8 Å². The summed E-state index contributed by atoms with van der Waals surface area (Å²) in [6.45, 7) is 0.696. The third-order valence-electron chi connectivity index (χ3n) is 2.47. The lowest BCUT2D eigenvalue weighted by molar-refractivity contribution is 0.434. The van der Waals surface area contributed by atoms with Gasteiger partial charge in [-0.15, -0.1) is 0 Å². The second-order valence-electron chi connectivity index (χ2n) is 3.53. The Bertz CT molecular complexity index is 266. The molecule has 1 saturated carbocycles. The van der Waals surface area contributed by atoms with Gasteiger partial charge in [0.05, 0.1) is 6.54 Å². The number of nitrogens with two attached hydrogens (primary N) is 1. The van der Waals surface area contributed by atoms with Crippen molar-refractivity contribution in [3.8, 4) is 0 Å². The molecule has 0 spiro atoms. The molecule has 1 fully saturated rings. The van der Waals surface area contributed by atoms with Gasteiger partial charge in [0.25, 0.3) is 0 Å². The highest BCUT2D eigenvalue weighted by molar-refractivity contribution is 5.21. The number of hydrogen-bond acceptors (Lipinski definition) is 4. The first-order chi connectivity index (χ1) is 6.34. The van der Waals surface area contributed by atoms with Crippen LogP contribution >= 0.6 is 0 Å². The van der Waals surface area contributed by atoms with Crippen molar-refractivity contribution in [2.45, 2.75) is 38.3 Å². The second-order valence-corrected chi connectivity index (χ2v) is 3.53. The number of oxazole rings is 1. The van der Waals surface area contributed by atoms with Gasteiger partial charge in [-0.1, -0.05) is 12.8 Å². The van der Waals surface area contributed by atoms with E-state index >= 15 is 0 Å². The SMILES string of the molecule is Nc1coc(CNC2CCCC2)n1. The molecule has 0 aliphatic heterocycles. The Balaban J connectivity index is 1.78. The quantitative estimate of drug-likeness (QED) is 0.737. The molecular formula is C9H15N3O. The second kappa shape index (κ2) is 3.79. The van der Waals surface area contributed by atoms with E-state index in [2.05, 4.69) is 10.3 Å². The predicted octanol–water partition coefficient (Wildman–Crippen LogP) is 1.29. The van der Waals surface area contributed by atoms with Crippen molar-refractivity contribution in [2.75, 3.05) is 5.73 Å². The van der Waals surface area contributed by atoms with Crippen molar-refractivity contribution in [1.29, 1.82) is 0 Å². The maximum Gasteiger partial charge on any atom is 0.209 e. The van der Waals surface area contributed by atoms with E-state index in [4.69, 9.17) is 10.2 Å². The van der Waals surface area contributed by atoms with Crippen molar-refractivity contribution in [3.05, 3.63) is 12.2 Å². The zero-order valence-corrected chi connectivity index (χ0v) is 7.62. The molecule has 1 aromatic rings. The van der Waals surface area contributed by atoms with Gasteiger partial charge in [-0.3, -0.25) is 0 Å². The first-order valence-corrected chi connectivity index (χ1v) is 4.78. The van der Waals surface area contributed by atoms with E-state index in [0.717, 1.165) is 0 Å². The third-order valence-corrected chi connectivity index (χ3v) is 2.47. The van der Waals surface area contributed by atoms with Crippen LogP contribution in [0.4, 0.5) is 5.82 Å². The highest BCUT2D eigenvalue weighted by Gasteiger charge is 2.14. The lowest BCUT2D eigenvalue weighted by atomic mass is 10.2. The normalized spacial score (nSPS) is 18.2. The van der Waals surface area contributed by atoms with Crippen LogP contribution in [0, 0.1) is 0 Å². The number of nitrogens with one attached hydrogen (secondary N) is 1. The van der Waals surface area contributed by atoms with Gasteiger partial charge in [0.2, 0.25) is 5.89 Å². The first kappa shape index (κ1) is 8.56. The van der Waals surface area contributed by atoms with E-state index in [1.165, 1.54) is 31.9 Å². The van der Waals surface area contributed by atoms with E-state index in [9.17, 15) is 0 Å². The van der Waals surface area contributed by atoms with Crippen molar-refractivity contribution >= 4 is 5.82 Å². The fourth-order valence-corrected chi connectivity index (χ4v) is 1.77. The zero-order chi connectivity index (χ0) is 9.10. The number of nitrogens with zero attached hydrogens (tertiary/aromatic N) is 1. The van der Waals surface area contributed by atoms with Gasteiger partial charge in [0.1, 0.15) is 6.26 Å². The lowest BCUT2D eigenvalue weighted by Gasteiger charge is -2.08.